The molecule has 2 aliphatic heterocycles. The predicted molar refractivity (Wildman–Crippen MR) is 142 cm³/mol. The van der Waals surface area contributed by atoms with Gasteiger partial charge in [0.15, 0.2) is 5.65 Å². The van der Waals surface area contributed by atoms with E-state index in [2.05, 4.69) is 44.1 Å². The van der Waals surface area contributed by atoms with Gasteiger partial charge in [-0.2, -0.15) is 5.10 Å². The van der Waals surface area contributed by atoms with Gasteiger partial charge in [0.1, 0.15) is 17.5 Å². The minimum Gasteiger partial charge on any atom is -0.391 e. The largest absolute Gasteiger partial charge is 0.391 e. The summed E-state index contributed by atoms with van der Waals surface area (Å²) in [7, 11) is 0. The first-order chi connectivity index (χ1) is 18.4. The van der Waals surface area contributed by atoms with Crippen molar-refractivity contribution in [2.24, 2.45) is 0 Å². The van der Waals surface area contributed by atoms with Gasteiger partial charge in [0.25, 0.3) is 5.56 Å². The number of rotatable bonds is 6. The molecule has 2 saturated heterocycles. The van der Waals surface area contributed by atoms with E-state index < -0.39 is 5.60 Å². The average molecular weight is 519 g/mol. The van der Waals surface area contributed by atoms with Crippen molar-refractivity contribution < 1.29 is 14.6 Å². The number of aliphatic hydroxyl groups is 2. The summed E-state index contributed by atoms with van der Waals surface area (Å²) in [6.45, 7) is 3.99. The van der Waals surface area contributed by atoms with E-state index in [4.69, 9.17) is 0 Å². The Bertz CT molecular complexity index is 1480. The molecule has 10 heteroatoms. The molecule has 0 radical (unpaired) electrons. The lowest BCUT2D eigenvalue weighted by molar-refractivity contribution is -0.0364. The number of anilines is 1. The fourth-order valence-electron chi connectivity index (χ4n) is 5.48. The Balaban J connectivity index is 1.09. The van der Waals surface area contributed by atoms with Gasteiger partial charge in [-0.15, -0.1) is 0 Å². The maximum Gasteiger partial charge on any atom is 0.264 e. The van der Waals surface area contributed by atoms with E-state index in [1.54, 1.807) is 12.1 Å². The van der Waals surface area contributed by atoms with E-state index in [1.807, 2.05) is 0 Å². The summed E-state index contributed by atoms with van der Waals surface area (Å²) in [6, 6.07) is 14.3. The molecule has 2 aromatic heterocycles. The molecule has 2 fully saturated rings. The molecule has 0 amide bonds. The van der Waals surface area contributed by atoms with Crippen LogP contribution in [0.25, 0.3) is 16.7 Å². The summed E-state index contributed by atoms with van der Waals surface area (Å²) in [6.07, 6.45) is 4.60. The third-order valence-corrected chi connectivity index (χ3v) is 7.75. The minimum atomic E-state index is -0.997. The van der Waals surface area contributed by atoms with Crippen molar-refractivity contribution in [3.63, 3.8) is 0 Å². The van der Waals surface area contributed by atoms with Gasteiger partial charge in [-0.25, -0.2) is 14.1 Å². The predicted octanol–water partition coefficient (Wildman–Crippen LogP) is 2.32. The highest BCUT2D eigenvalue weighted by Gasteiger charge is 2.33. The fraction of sp³-hybridized carbons (Fsp3) is 0.393. The molecular weight excluding hydrogens is 487 g/mol. The van der Waals surface area contributed by atoms with Crippen molar-refractivity contribution in [3.05, 3.63) is 82.8 Å². The topological polar surface area (TPSA) is 99.6 Å². The second-order valence-electron chi connectivity index (χ2n) is 10.5. The average Bonchev–Trinajstić information content (AvgIpc) is 3.55. The van der Waals surface area contributed by atoms with E-state index in [9.17, 15) is 19.4 Å². The lowest BCUT2D eigenvalue weighted by atomic mass is 9.91. The monoisotopic (exact) mass is 518 g/mol. The fourth-order valence-corrected chi connectivity index (χ4v) is 5.48. The highest BCUT2D eigenvalue weighted by Crippen LogP contribution is 2.26. The molecule has 0 aliphatic carbocycles. The first kappa shape index (κ1) is 24.7. The third-order valence-electron chi connectivity index (χ3n) is 7.75. The van der Waals surface area contributed by atoms with Crippen LogP contribution in [0.15, 0.2) is 65.8 Å². The highest BCUT2D eigenvalue weighted by atomic mass is 19.1. The van der Waals surface area contributed by atoms with Crippen molar-refractivity contribution in [1.82, 2.24) is 24.2 Å². The summed E-state index contributed by atoms with van der Waals surface area (Å²) < 4.78 is 16.3. The van der Waals surface area contributed by atoms with Crippen LogP contribution in [0.3, 0.4) is 0 Å². The molecule has 1 atom stereocenters. The maximum atomic E-state index is 13.3. The van der Waals surface area contributed by atoms with E-state index in [1.165, 1.54) is 39.5 Å². The van der Waals surface area contributed by atoms with Gasteiger partial charge in [-0.1, -0.05) is 12.1 Å². The molecule has 2 N–H and O–H groups in total. The Labute approximate surface area is 219 Å². The van der Waals surface area contributed by atoms with Gasteiger partial charge in [0.2, 0.25) is 0 Å². The highest BCUT2D eigenvalue weighted by molar-refractivity contribution is 5.74. The van der Waals surface area contributed by atoms with Crippen molar-refractivity contribution >= 4 is 16.7 Å². The first-order valence-electron chi connectivity index (χ1n) is 13.0. The smallest absolute Gasteiger partial charge is 0.264 e. The number of aromatic nitrogens is 4. The summed E-state index contributed by atoms with van der Waals surface area (Å²) in [5, 5.41) is 25.7. The molecule has 4 aromatic rings. The molecule has 9 nitrogen and oxygen atoms in total. The number of aliphatic hydroxyl groups excluding tert-OH is 1. The Hall–Kier alpha value is -3.60. The van der Waals surface area contributed by atoms with Gasteiger partial charge in [-0.3, -0.25) is 14.3 Å². The van der Waals surface area contributed by atoms with Gasteiger partial charge in [-0.05, 0) is 61.2 Å². The zero-order chi connectivity index (χ0) is 26.3. The summed E-state index contributed by atoms with van der Waals surface area (Å²) in [4.78, 5) is 22.1. The number of hydrogen-bond acceptors (Lipinski definition) is 7. The maximum absolute atomic E-state index is 13.3. The number of benzene rings is 2. The van der Waals surface area contributed by atoms with Crippen LogP contribution in [0, 0.1) is 5.82 Å². The molecule has 0 bridgehead atoms. The summed E-state index contributed by atoms with van der Waals surface area (Å²) in [5.41, 5.74) is 2.10. The van der Waals surface area contributed by atoms with E-state index >= 15 is 0 Å². The molecule has 0 saturated carbocycles. The Morgan fingerprint density at radius 1 is 1.00 bits per heavy atom. The number of fused-ring (bicyclic) bond motifs is 1. The second-order valence-corrected chi connectivity index (χ2v) is 10.5. The molecule has 0 unspecified atom stereocenters. The van der Waals surface area contributed by atoms with Crippen LogP contribution in [-0.2, 0) is 13.1 Å². The van der Waals surface area contributed by atoms with Gasteiger partial charge in [0.05, 0.1) is 30.1 Å². The Morgan fingerprint density at radius 3 is 2.39 bits per heavy atom. The van der Waals surface area contributed by atoms with Crippen molar-refractivity contribution in [2.75, 3.05) is 31.1 Å². The van der Waals surface area contributed by atoms with E-state index in [-0.39, 0.29) is 24.0 Å². The molecule has 2 aliphatic rings. The molecule has 6 rings (SSSR count). The zero-order valence-electron chi connectivity index (χ0n) is 21.1. The van der Waals surface area contributed by atoms with Gasteiger partial charge >= 0.3 is 0 Å². The quantitative estimate of drug-likeness (QED) is 0.404. The zero-order valence-corrected chi connectivity index (χ0v) is 21.1. The van der Waals surface area contributed by atoms with Crippen LogP contribution >= 0.6 is 0 Å². The van der Waals surface area contributed by atoms with Crippen molar-refractivity contribution in [2.45, 2.75) is 44.1 Å². The summed E-state index contributed by atoms with van der Waals surface area (Å²) in [5.74, 6) is -0.350. The SMILES string of the molecule is O=c1c2cnn(-c3ccc(F)cc3)c2ncn1CC1(O)CCN(Cc2ccc(N3CC[C@H](O)C3)cc2)CC1. The van der Waals surface area contributed by atoms with E-state index in [0.717, 1.165) is 38.3 Å². The lowest BCUT2D eigenvalue weighted by Crippen LogP contribution is -2.47. The number of likely N-dealkylation sites (tertiary alicyclic amines) is 1. The van der Waals surface area contributed by atoms with Crippen LogP contribution < -0.4 is 10.5 Å². The van der Waals surface area contributed by atoms with Crippen molar-refractivity contribution in [3.8, 4) is 5.69 Å². The molecule has 198 valence electrons. The molecule has 2 aromatic carbocycles. The second kappa shape index (κ2) is 9.94. The molecule has 0 spiro atoms. The van der Waals surface area contributed by atoms with Crippen LogP contribution in [-0.4, -0.2) is 72.3 Å². The van der Waals surface area contributed by atoms with Crippen LogP contribution in [0.2, 0.25) is 0 Å². The van der Waals surface area contributed by atoms with Crippen molar-refractivity contribution in [1.29, 1.82) is 0 Å². The Morgan fingerprint density at radius 2 is 1.71 bits per heavy atom. The van der Waals surface area contributed by atoms with Gasteiger partial charge in [0, 0.05) is 38.4 Å². The van der Waals surface area contributed by atoms with E-state index in [0.29, 0.717) is 36.1 Å². The third kappa shape index (κ3) is 4.94. The number of piperidine rings is 1. The number of β-amino-alcohol motifs (C(OH)–C–C–N with tert-alkyl or cyclic N) is 1. The van der Waals surface area contributed by atoms with Gasteiger partial charge < -0.3 is 15.1 Å². The number of halogens is 1. The Kier molecular flexibility index (Phi) is 6.46. The normalized spacial score (nSPS) is 19.9. The molecule has 4 heterocycles. The van der Waals surface area contributed by atoms with Crippen LogP contribution in [0.1, 0.15) is 24.8 Å². The molecule has 38 heavy (non-hydrogen) atoms. The number of nitrogens with zero attached hydrogens (tertiary/aromatic N) is 6. The molecular formula is C28H31FN6O3. The number of hydrogen-bond donors (Lipinski definition) is 2. The van der Waals surface area contributed by atoms with Crippen LogP contribution in [0.4, 0.5) is 10.1 Å². The standard InChI is InChI=1S/C28H31FN6O3/c29-21-3-7-23(8-4-21)35-26-25(15-31-35)27(37)34(19-30-26)18-28(38)10-13-32(14-11-28)16-20-1-5-22(6-2-20)33-12-9-24(36)17-33/h1-8,15,19,24,36,38H,9-14,16-18H2/t24-/m0/s1. The summed E-state index contributed by atoms with van der Waals surface area (Å²) >= 11 is 0. The first-order valence-corrected chi connectivity index (χ1v) is 13.0. The lowest BCUT2D eigenvalue weighted by Gasteiger charge is -2.38. The van der Waals surface area contributed by atoms with Crippen LogP contribution in [0.5, 0.6) is 0 Å². The minimum absolute atomic E-state index is 0.167.